The standard InChI is InChI=1S/C26H34ClN3O6S/c1-4-7-14-28-26(32)22(5-2)29(16-19-8-10-20(27)11-9-19)25(31)17-30(37(33,34)6-3)21-12-13-23-24(15-21)36-18-35-23/h8-13,15,22H,4-7,14,16-18H2,1-3H3,(H,28,32)/t22-/m0/s1. The van der Waals surface area contributed by atoms with E-state index in [4.69, 9.17) is 21.1 Å². The summed E-state index contributed by atoms with van der Waals surface area (Å²) in [5, 5.41) is 3.45. The van der Waals surface area contributed by atoms with Gasteiger partial charge in [-0.2, -0.15) is 0 Å². The van der Waals surface area contributed by atoms with Gasteiger partial charge in [-0.05, 0) is 49.6 Å². The molecule has 37 heavy (non-hydrogen) atoms. The summed E-state index contributed by atoms with van der Waals surface area (Å²) >= 11 is 6.03. The summed E-state index contributed by atoms with van der Waals surface area (Å²) in [6.07, 6.45) is 2.10. The number of hydrogen-bond acceptors (Lipinski definition) is 6. The van der Waals surface area contributed by atoms with Gasteiger partial charge in [-0.25, -0.2) is 8.42 Å². The molecule has 1 atom stereocenters. The second-order valence-electron chi connectivity index (χ2n) is 8.66. The number of amides is 2. The summed E-state index contributed by atoms with van der Waals surface area (Å²) in [6.45, 7) is 5.56. The molecule has 2 aromatic rings. The van der Waals surface area contributed by atoms with Crippen molar-refractivity contribution < 1.29 is 27.5 Å². The Hall–Kier alpha value is -2.98. The number of anilines is 1. The molecule has 0 bridgehead atoms. The summed E-state index contributed by atoms with van der Waals surface area (Å²) < 4.78 is 38.0. The number of hydrogen-bond donors (Lipinski definition) is 1. The molecule has 9 nitrogen and oxygen atoms in total. The predicted molar refractivity (Wildman–Crippen MR) is 143 cm³/mol. The molecule has 0 radical (unpaired) electrons. The van der Waals surface area contributed by atoms with E-state index < -0.39 is 28.5 Å². The van der Waals surface area contributed by atoms with Crippen LogP contribution in [0.15, 0.2) is 42.5 Å². The Kier molecular flexibility index (Phi) is 10.0. The molecule has 0 spiro atoms. The highest BCUT2D eigenvalue weighted by Crippen LogP contribution is 2.36. The van der Waals surface area contributed by atoms with E-state index in [0.29, 0.717) is 29.5 Å². The van der Waals surface area contributed by atoms with Crippen molar-refractivity contribution in [2.24, 2.45) is 0 Å². The van der Waals surface area contributed by atoms with Crippen molar-refractivity contribution in [1.29, 1.82) is 0 Å². The molecule has 0 unspecified atom stereocenters. The average Bonchev–Trinajstić information content (AvgIpc) is 3.36. The minimum atomic E-state index is -3.84. The van der Waals surface area contributed by atoms with E-state index in [9.17, 15) is 18.0 Å². The van der Waals surface area contributed by atoms with Crippen LogP contribution in [-0.2, 0) is 26.2 Å². The third-order valence-corrected chi connectivity index (χ3v) is 8.10. The minimum absolute atomic E-state index is 0.0401. The van der Waals surface area contributed by atoms with Crippen molar-refractivity contribution in [1.82, 2.24) is 10.2 Å². The summed E-state index contributed by atoms with van der Waals surface area (Å²) in [7, 11) is -3.84. The Morgan fingerprint density at radius 1 is 1.05 bits per heavy atom. The molecule has 3 rings (SSSR count). The van der Waals surface area contributed by atoms with Crippen LogP contribution in [0, 0.1) is 0 Å². The van der Waals surface area contributed by atoms with Gasteiger partial charge < -0.3 is 19.7 Å². The Bertz CT molecular complexity index is 1190. The van der Waals surface area contributed by atoms with Gasteiger partial charge in [0.05, 0.1) is 11.4 Å². The number of carbonyl (C=O) groups excluding carboxylic acids is 2. The molecule has 0 saturated heterocycles. The van der Waals surface area contributed by atoms with Gasteiger partial charge in [0.25, 0.3) is 0 Å². The van der Waals surface area contributed by atoms with Gasteiger partial charge in [0.2, 0.25) is 28.6 Å². The summed E-state index contributed by atoms with van der Waals surface area (Å²) in [5.74, 6) is -0.0712. The van der Waals surface area contributed by atoms with Gasteiger partial charge >= 0.3 is 0 Å². The maximum absolute atomic E-state index is 13.8. The van der Waals surface area contributed by atoms with E-state index in [1.54, 1.807) is 42.5 Å². The van der Waals surface area contributed by atoms with Crippen LogP contribution in [0.25, 0.3) is 0 Å². The van der Waals surface area contributed by atoms with Gasteiger partial charge in [-0.3, -0.25) is 13.9 Å². The van der Waals surface area contributed by atoms with Crippen LogP contribution in [0.4, 0.5) is 5.69 Å². The van der Waals surface area contributed by atoms with Gasteiger partial charge in [0.1, 0.15) is 12.6 Å². The van der Waals surface area contributed by atoms with Crippen molar-refractivity contribution in [2.75, 3.05) is 29.9 Å². The third kappa shape index (κ3) is 7.29. The summed E-state index contributed by atoms with van der Waals surface area (Å²) in [6, 6.07) is 10.9. The lowest BCUT2D eigenvalue weighted by atomic mass is 10.1. The molecular formula is C26H34ClN3O6S. The maximum Gasteiger partial charge on any atom is 0.244 e. The van der Waals surface area contributed by atoms with Gasteiger partial charge in [0.15, 0.2) is 11.5 Å². The number of nitrogens with one attached hydrogen (secondary N) is 1. The zero-order valence-electron chi connectivity index (χ0n) is 21.4. The molecular weight excluding hydrogens is 518 g/mol. The molecule has 2 amide bonds. The fraction of sp³-hybridized carbons (Fsp3) is 0.462. The fourth-order valence-electron chi connectivity index (χ4n) is 3.97. The van der Waals surface area contributed by atoms with Crippen LogP contribution in [-0.4, -0.2) is 56.8 Å². The number of ether oxygens (including phenoxy) is 2. The largest absolute Gasteiger partial charge is 0.454 e. The van der Waals surface area contributed by atoms with Crippen molar-refractivity contribution in [2.45, 2.75) is 52.6 Å². The van der Waals surface area contributed by atoms with Crippen molar-refractivity contribution in [3.8, 4) is 11.5 Å². The van der Waals surface area contributed by atoms with E-state index in [1.165, 1.54) is 11.8 Å². The van der Waals surface area contributed by atoms with Crippen LogP contribution in [0.1, 0.15) is 45.6 Å². The fourth-order valence-corrected chi connectivity index (χ4v) is 5.15. The number of nitrogens with zero attached hydrogens (tertiary/aromatic N) is 2. The van der Waals surface area contributed by atoms with Crippen molar-refractivity contribution in [3.05, 3.63) is 53.1 Å². The van der Waals surface area contributed by atoms with E-state index in [0.717, 1.165) is 22.7 Å². The van der Waals surface area contributed by atoms with Gasteiger partial charge in [-0.1, -0.05) is 44.0 Å². The van der Waals surface area contributed by atoms with E-state index in [-0.39, 0.29) is 30.7 Å². The first kappa shape index (κ1) is 28.6. The van der Waals surface area contributed by atoms with Crippen LogP contribution < -0.4 is 19.1 Å². The SMILES string of the molecule is CCCCNC(=O)[C@H](CC)N(Cc1ccc(Cl)cc1)C(=O)CN(c1ccc2c(c1)OCO2)S(=O)(=O)CC. The first-order chi connectivity index (χ1) is 17.7. The second-order valence-corrected chi connectivity index (χ2v) is 11.3. The maximum atomic E-state index is 13.8. The van der Waals surface area contributed by atoms with Crippen LogP contribution in [0.2, 0.25) is 5.02 Å². The van der Waals surface area contributed by atoms with Gasteiger partial charge in [-0.15, -0.1) is 0 Å². The minimum Gasteiger partial charge on any atom is -0.454 e. The number of carbonyl (C=O) groups is 2. The lowest BCUT2D eigenvalue weighted by Gasteiger charge is -2.33. The quantitative estimate of drug-likeness (QED) is 0.378. The molecule has 2 aromatic carbocycles. The number of halogens is 1. The topological polar surface area (TPSA) is 105 Å². The Morgan fingerprint density at radius 2 is 1.76 bits per heavy atom. The van der Waals surface area contributed by atoms with E-state index >= 15 is 0 Å². The number of benzene rings is 2. The molecule has 202 valence electrons. The molecule has 0 aliphatic carbocycles. The Labute approximate surface area is 223 Å². The highest BCUT2D eigenvalue weighted by molar-refractivity contribution is 7.92. The number of sulfonamides is 1. The lowest BCUT2D eigenvalue weighted by Crippen LogP contribution is -2.52. The average molecular weight is 552 g/mol. The van der Waals surface area contributed by atoms with Gasteiger partial charge in [0, 0.05) is 24.2 Å². The number of unbranched alkanes of at least 4 members (excludes halogenated alkanes) is 1. The number of fused-ring (bicyclic) bond motifs is 1. The van der Waals surface area contributed by atoms with Crippen LogP contribution >= 0.6 is 11.6 Å². The molecule has 11 heteroatoms. The monoisotopic (exact) mass is 551 g/mol. The zero-order valence-corrected chi connectivity index (χ0v) is 23.0. The highest BCUT2D eigenvalue weighted by atomic mass is 35.5. The van der Waals surface area contributed by atoms with E-state index in [2.05, 4.69) is 5.32 Å². The van der Waals surface area contributed by atoms with Crippen molar-refractivity contribution in [3.63, 3.8) is 0 Å². The molecule has 0 aromatic heterocycles. The predicted octanol–water partition coefficient (Wildman–Crippen LogP) is 3.95. The summed E-state index contributed by atoms with van der Waals surface area (Å²) in [5.41, 5.74) is 1.05. The molecule has 1 N–H and O–H groups in total. The van der Waals surface area contributed by atoms with Crippen molar-refractivity contribution >= 4 is 39.1 Å². The zero-order chi connectivity index (χ0) is 27.0. The van der Waals surface area contributed by atoms with E-state index in [1.807, 2.05) is 13.8 Å². The Balaban J connectivity index is 1.94. The molecule has 1 heterocycles. The molecule has 0 saturated carbocycles. The molecule has 0 fully saturated rings. The normalized spacial score (nSPS) is 13.2. The first-order valence-electron chi connectivity index (χ1n) is 12.4. The third-order valence-electron chi connectivity index (χ3n) is 6.11. The molecule has 1 aliphatic rings. The first-order valence-corrected chi connectivity index (χ1v) is 14.4. The number of rotatable bonds is 13. The lowest BCUT2D eigenvalue weighted by molar-refractivity contribution is -0.140. The Morgan fingerprint density at radius 3 is 2.41 bits per heavy atom. The smallest absolute Gasteiger partial charge is 0.244 e. The van der Waals surface area contributed by atoms with Crippen LogP contribution in [0.5, 0.6) is 11.5 Å². The molecule has 1 aliphatic heterocycles. The second kappa shape index (κ2) is 13.0. The van der Waals surface area contributed by atoms with Crippen LogP contribution in [0.3, 0.4) is 0 Å². The highest BCUT2D eigenvalue weighted by Gasteiger charge is 2.33. The summed E-state index contributed by atoms with van der Waals surface area (Å²) in [4.78, 5) is 28.3.